The van der Waals surface area contributed by atoms with Gasteiger partial charge in [0.2, 0.25) is 0 Å². The molecule has 2 unspecified atom stereocenters. The molecule has 1 rings (SSSR count). The minimum Gasteiger partial charge on any atom is -0.349 e. The molecular formula is C11H15Cl2N3O. The van der Waals surface area contributed by atoms with E-state index in [1.165, 1.54) is 6.07 Å². The van der Waals surface area contributed by atoms with Crippen molar-refractivity contribution in [3.63, 3.8) is 0 Å². The first-order chi connectivity index (χ1) is 7.95. The molecule has 0 radical (unpaired) electrons. The summed E-state index contributed by atoms with van der Waals surface area (Å²) in [7, 11) is 0. The molecule has 0 aliphatic heterocycles. The molecule has 1 amide bonds. The van der Waals surface area contributed by atoms with E-state index in [9.17, 15) is 4.79 Å². The van der Waals surface area contributed by atoms with Gasteiger partial charge in [-0.3, -0.25) is 4.79 Å². The second-order valence-corrected chi connectivity index (χ2v) is 4.76. The summed E-state index contributed by atoms with van der Waals surface area (Å²) in [5, 5.41) is 10.2. The average Bonchev–Trinajstić information content (AvgIpc) is 2.30. The van der Waals surface area contributed by atoms with Crippen molar-refractivity contribution in [2.75, 3.05) is 0 Å². The van der Waals surface area contributed by atoms with Crippen LogP contribution in [0, 0.1) is 5.92 Å². The van der Waals surface area contributed by atoms with E-state index < -0.39 is 0 Å². The molecule has 1 aromatic heterocycles. The van der Waals surface area contributed by atoms with E-state index in [-0.39, 0.29) is 27.8 Å². The molecule has 6 heteroatoms. The quantitative estimate of drug-likeness (QED) is 0.919. The Morgan fingerprint density at radius 1 is 1.41 bits per heavy atom. The van der Waals surface area contributed by atoms with Crippen LogP contribution in [-0.2, 0) is 0 Å². The van der Waals surface area contributed by atoms with Gasteiger partial charge in [0.15, 0.2) is 10.3 Å². The number of rotatable bonds is 4. The van der Waals surface area contributed by atoms with Crippen LogP contribution in [0.2, 0.25) is 10.3 Å². The minimum absolute atomic E-state index is 0.0586. The van der Waals surface area contributed by atoms with E-state index in [1.807, 2.05) is 6.92 Å². The highest BCUT2D eigenvalue weighted by Gasteiger charge is 2.17. The van der Waals surface area contributed by atoms with Gasteiger partial charge in [-0.25, -0.2) is 0 Å². The van der Waals surface area contributed by atoms with Gasteiger partial charge >= 0.3 is 0 Å². The molecule has 0 aliphatic rings. The van der Waals surface area contributed by atoms with Gasteiger partial charge in [0.1, 0.15) is 0 Å². The number of carbonyl (C=O) groups excluding carboxylic acids is 1. The summed E-state index contributed by atoms with van der Waals surface area (Å²) >= 11 is 11.5. The Bertz CT molecular complexity index is 412. The monoisotopic (exact) mass is 275 g/mol. The average molecular weight is 276 g/mol. The molecule has 1 N–H and O–H groups in total. The second kappa shape index (κ2) is 6.17. The molecule has 17 heavy (non-hydrogen) atoms. The first kappa shape index (κ1) is 14.2. The molecule has 0 aromatic carbocycles. The van der Waals surface area contributed by atoms with Gasteiger partial charge in [-0.15, -0.1) is 10.2 Å². The van der Waals surface area contributed by atoms with Crippen LogP contribution in [0.3, 0.4) is 0 Å². The van der Waals surface area contributed by atoms with Crippen molar-refractivity contribution in [2.45, 2.75) is 33.2 Å². The highest BCUT2D eigenvalue weighted by molar-refractivity contribution is 6.34. The van der Waals surface area contributed by atoms with E-state index in [2.05, 4.69) is 29.4 Å². The third-order valence-corrected chi connectivity index (χ3v) is 3.28. The van der Waals surface area contributed by atoms with Crippen molar-refractivity contribution in [3.8, 4) is 0 Å². The Hall–Kier alpha value is -0.870. The number of halogens is 2. The van der Waals surface area contributed by atoms with Crippen LogP contribution in [0.15, 0.2) is 6.07 Å². The van der Waals surface area contributed by atoms with E-state index in [1.54, 1.807) is 0 Å². The molecule has 1 heterocycles. The third-order valence-electron chi connectivity index (χ3n) is 2.82. The standard InChI is InChI=1S/C11H15Cl2N3O/c1-4-6(2)7(3)14-11(17)8-5-9(12)15-16-10(8)13/h5-7H,4H2,1-3H3,(H,14,17). The summed E-state index contributed by atoms with van der Waals surface area (Å²) < 4.78 is 0. The smallest absolute Gasteiger partial charge is 0.254 e. The summed E-state index contributed by atoms with van der Waals surface area (Å²) in [5.41, 5.74) is 0.252. The van der Waals surface area contributed by atoms with Crippen LogP contribution < -0.4 is 5.32 Å². The van der Waals surface area contributed by atoms with E-state index in [0.29, 0.717) is 5.92 Å². The first-order valence-corrected chi connectivity index (χ1v) is 6.20. The van der Waals surface area contributed by atoms with E-state index >= 15 is 0 Å². The number of carbonyl (C=O) groups is 1. The van der Waals surface area contributed by atoms with Gasteiger partial charge in [-0.05, 0) is 18.9 Å². The maximum absolute atomic E-state index is 11.9. The van der Waals surface area contributed by atoms with Crippen molar-refractivity contribution in [2.24, 2.45) is 5.92 Å². The lowest BCUT2D eigenvalue weighted by Crippen LogP contribution is -2.37. The Labute approximate surface area is 111 Å². The van der Waals surface area contributed by atoms with Crippen molar-refractivity contribution in [3.05, 3.63) is 21.9 Å². The Morgan fingerprint density at radius 3 is 2.65 bits per heavy atom. The number of hydrogen-bond acceptors (Lipinski definition) is 3. The molecule has 4 nitrogen and oxygen atoms in total. The molecule has 0 fully saturated rings. The summed E-state index contributed by atoms with van der Waals surface area (Å²) in [6.45, 7) is 6.10. The van der Waals surface area contributed by atoms with Crippen molar-refractivity contribution < 1.29 is 4.79 Å². The van der Waals surface area contributed by atoms with Crippen LogP contribution in [-0.4, -0.2) is 22.1 Å². The maximum atomic E-state index is 11.9. The summed E-state index contributed by atoms with van der Waals surface area (Å²) in [6.07, 6.45) is 0.991. The zero-order chi connectivity index (χ0) is 13.0. The number of amides is 1. The lowest BCUT2D eigenvalue weighted by molar-refractivity contribution is 0.0927. The molecule has 0 saturated carbocycles. The first-order valence-electron chi connectivity index (χ1n) is 5.45. The summed E-state index contributed by atoms with van der Waals surface area (Å²) in [6, 6.07) is 1.48. The van der Waals surface area contributed by atoms with Gasteiger partial charge in [0.25, 0.3) is 5.91 Å². The fourth-order valence-electron chi connectivity index (χ4n) is 1.29. The molecule has 94 valence electrons. The minimum atomic E-state index is -0.278. The van der Waals surface area contributed by atoms with Crippen LogP contribution in [0.5, 0.6) is 0 Å². The molecule has 0 spiro atoms. The Kier molecular flexibility index (Phi) is 5.15. The van der Waals surface area contributed by atoms with Crippen molar-refractivity contribution in [1.29, 1.82) is 0 Å². The van der Waals surface area contributed by atoms with Gasteiger partial charge in [-0.2, -0.15) is 0 Å². The van der Waals surface area contributed by atoms with E-state index in [4.69, 9.17) is 23.2 Å². The van der Waals surface area contributed by atoms with Crippen LogP contribution in [0.4, 0.5) is 0 Å². The van der Waals surface area contributed by atoms with Crippen molar-refractivity contribution >= 4 is 29.1 Å². The molecular weight excluding hydrogens is 261 g/mol. The lowest BCUT2D eigenvalue weighted by atomic mass is 10.0. The SMILES string of the molecule is CCC(C)C(C)NC(=O)c1cc(Cl)nnc1Cl. The predicted molar refractivity (Wildman–Crippen MR) is 68.4 cm³/mol. The van der Waals surface area contributed by atoms with Gasteiger partial charge in [0, 0.05) is 6.04 Å². The molecule has 1 aromatic rings. The molecule has 0 bridgehead atoms. The topological polar surface area (TPSA) is 54.9 Å². The third kappa shape index (κ3) is 3.82. The Balaban J connectivity index is 2.79. The molecule has 2 atom stereocenters. The van der Waals surface area contributed by atoms with Crippen molar-refractivity contribution in [1.82, 2.24) is 15.5 Å². The largest absolute Gasteiger partial charge is 0.349 e. The fraction of sp³-hybridized carbons (Fsp3) is 0.545. The normalized spacial score (nSPS) is 14.2. The second-order valence-electron chi connectivity index (χ2n) is 4.02. The molecule has 0 saturated heterocycles. The lowest BCUT2D eigenvalue weighted by Gasteiger charge is -2.19. The Morgan fingerprint density at radius 2 is 2.06 bits per heavy atom. The van der Waals surface area contributed by atoms with Gasteiger partial charge in [-0.1, -0.05) is 43.5 Å². The zero-order valence-electron chi connectivity index (χ0n) is 10.00. The number of nitrogens with zero attached hydrogens (tertiary/aromatic N) is 2. The zero-order valence-corrected chi connectivity index (χ0v) is 11.5. The summed E-state index contributed by atoms with van der Waals surface area (Å²) in [4.78, 5) is 11.9. The summed E-state index contributed by atoms with van der Waals surface area (Å²) in [5.74, 6) is 0.114. The van der Waals surface area contributed by atoms with E-state index in [0.717, 1.165) is 6.42 Å². The van der Waals surface area contributed by atoms with Crippen LogP contribution >= 0.6 is 23.2 Å². The fourth-order valence-corrected chi connectivity index (χ4v) is 1.62. The van der Waals surface area contributed by atoms with Gasteiger partial charge in [0.05, 0.1) is 5.56 Å². The predicted octanol–water partition coefficient (Wildman–Crippen LogP) is 2.95. The van der Waals surface area contributed by atoms with Crippen LogP contribution in [0.1, 0.15) is 37.6 Å². The number of aromatic nitrogens is 2. The maximum Gasteiger partial charge on any atom is 0.254 e. The highest BCUT2D eigenvalue weighted by Crippen LogP contribution is 2.16. The van der Waals surface area contributed by atoms with Gasteiger partial charge < -0.3 is 5.32 Å². The highest BCUT2D eigenvalue weighted by atomic mass is 35.5. The van der Waals surface area contributed by atoms with Crippen LogP contribution in [0.25, 0.3) is 0 Å². The number of nitrogens with one attached hydrogen (secondary N) is 1. The number of hydrogen-bond donors (Lipinski definition) is 1. The molecule has 0 aliphatic carbocycles.